The molecule has 0 aliphatic carbocycles. The summed E-state index contributed by atoms with van der Waals surface area (Å²) in [4.78, 5) is 18.1. The van der Waals surface area contributed by atoms with E-state index in [2.05, 4.69) is 42.0 Å². The number of rotatable bonds is 5. The Morgan fingerprint density at radius 1 is 1.31 bits per heavy atom. The van der Waals surface area contributed by atoms with E-state index >= 15 is 0 Å². The van der Waals surface area contributed by atoms with Crippen LogP contribution in [0.3, 0.4) is 0 Å². The minimum absolute atomic E-state index is 0.0926. The summed E-state index contributed by atoms with van der Waals surface area (Å²) in [6, 6.07) is 6.41. The first-order valence-electron chi connectivity index (χ1n) is 9.98. The first-order valence-corrected chi connectivity index (χ1v) is 10.8. The molecule has 5 heteroatoms. The van der Waals surface area contributed by atoms with Crippen molar-refractivity contribution in [2.24, 2.45) is 5.92 Å². The van der Waals surface area contributed by atoms with E-state index in [4.69, 9.17) is 4.98 Å². The van der Waals surface area contributed by atoms with Crippen molar-refractivity contribution >= 4 is 26.8 Å². The second-order valence-corrected chi connectivity index (χ2v) is 8.47. The normalized spacial score (nSPS) is 22.3. The van der Waals surface area contributed by atoms with Crippen LogP contribution in [0.4, 0.5) is 0 Å². The second-order valence-electron chi connectivity index (χ2n) is 7.56. The molecule has 1 fully saturated rings. The Morgan fingerprint density at radius 2 is 2.12 bits per heavy atom. The van der Waals surface area contributed by atoms with Gasteiger partial charge in [0, 0.05) is 23.0 Å². The second kappa shape index (κ2) is 8.66. The lowest BCUT2D eigenvalue weighted by Crippen LogP contribution is -2.29. The predicted octanol–water partition coefficient (Wildman–Crippen LogP) is 4.84. The highest BCUT2D eigenvalue weighted by atomic mass is 79.9. The van der Waals surface area contributed by atoms with E-state index < -0.39 is 0 Å². The van der Waals surface area contributed by atoms with E-state index in [0.29, 0.717) is 29.8 Å². The van der Waals surface area contributed by atoms with Crippen LogP contribution in [0.2, 0.25) is 0 Å². The molecule has 1 saturated heterocycles. The maximum absolute atomic E-state index is 13.1. The molecule has 0 amide bonds. The van der Waals surface area contributed by atoms with Crippen LogP contribution in [-0.2, 0) is 6.54 Å². The summed E-state index contributed by atoms with van der Waals surface area (Å²) in [6.45, 7) is 8.28. The largest absolute Gasteiger partial charge is 0.314 e. The Kier molecular flexibility index (Phi) is 6.51. The minimum atomic E-state index is 0.0926. The fourth-order valence-corrected chi connectivity index (χ4v) is 4.67. The van der Waals surface area contributed by atoms with E-state index in [1.54, 1.807) is 0 Å². The highest BCUT2D eigenvalue weighted by molar-refractivity contribution is 9.10. The lowest BCUT2D eigenvalue weighted by molar-refractivity contribution is 0.338. The van der Waals surface area contributed by atoms with Gasteiger partial charge in [-0.2, -0.15) is 0 Å². The highest BCUT2D eigenvalue weighted by Gasteiger charge is 2.29. The number of aromatic nitrogens is 2. The molecule has 142 valence electrons. The zero-order valence-corrected chi connectivity index (χ0v) is 17.7. The lowest BCUT2D eigenvalue weighted by atomic mass is 9.82. The molecule has 1 aliphatic rings. The van der Waals surface area contributed by atoms with Gasteiger partial charge in [-0.1, -0.05) is 29.3 Å². The smallest absolute Gasteiger partial charge is 0.261 e. The van der Waals surface area contributed by atoms with Crippen LogP contribution < -0.4 is 10.9 Å². The van der Waals surface area contributed by atoms with E-state index in [-0.39, 0.29) is 5.56 Å². The molecule has 1 aromatic heterocycles. The number of benzene rings is 1. The molecule has 1 aromatic carbocycles. The Morgan fingerprint density at radius 3 is 2.85 bits per heavy atom. The van der Waals surface area contributed by atoms with Crippen molar-refractivity contribution < 1.29 is 0 Å². The van der Waals surface area contributed by atoms with Crippen molar-refractivity contribution in [1.29, 1.82) is 0 Å². The third-order valence-electron chi connectivity index (χ3n) is 5.74. The summed E-state index contributed by atoms with van der Waals surface area (Å²) in [6.07, 6.45) is 5.77. The molecule has 2 unspecified atom stereocenters. The van der Waals surface area contributed by atoms with Gasteiger partial charge in [0.1, 0.15) is 5.82 Å². The van der Waals surface area contributed by atoms with Crippen LogP contribution in [0.5, 0.6) is 0 Å². The average Bonchev–Trinajstić information content (AvgIpc) is 2.85. The van der Waals surface area contributed by atoms with Gasteiger partial charge in [0.25, 0.3) is 5.56 Å². The molecule has 1 N–H and O–H groups in total. The summed E-state index contributed by atoms with van der Waals surface area (Å²) in [5, 5.41) is 4.31. The van der Waals surface area contributed by atoms with Crippen molar-refractivity contribution in [2.45, 2.75) is 71.4 Å². The van der Waals surface area contributed by atoms with Gasteiger partial charge in [0.2, 0.25) is 0 Å². The maximum atomic E-state index is 13.1. The van der Waals surface area contributed by atoms with Crippen LogP contribution in [0.1, 0.15) is 64.6 Å². The number of fused-ring (bicyclic) bond motifs is 1. The molecular weight excluding hydrogens is 390 g/mol. The average molecular weight is 420 g/mol. The lowest BCUT2D eigenvalue weighted by Gasteiger charge is -2.27. The van der Waals surface area contributed by atoms with Crippen LogP contribution in [0.25, 0.3) is 10.9 Å². The van der Waals surface area contributed by atoms with Gasteiger partial charge in [-0.05, 0) is 70.2 Å². The van der Waals surface area contributed by atoms with Crippen molar-refractivity contribution in [2.75, 3.05) is 6.54 Å². The van der Waals surface area contributed by atoms with Gasteiger partial charge in [-0.25, -0.2) is 4.98 Å². The quantitative estimate of drug-likeness (QED) is 0.753. The van der Waals surface area contributed by atoms with Gasteiger partial charge < -0.3 is 5.32 Å². The van der Waals surface area contributed by atoms with Crippen LogP contribution in [-0.4, -0.2) is 22.1 Å². The molecule has 4 nitrogen and oxygen atoms in total. The number of nitrogens with one attached hydrogen (secondary N) is 1. The molecular formula is C21H30BrN3O. The van der Waals surface area contributed by atoms with E-state index in [0.717, 1.165) is 41.6 Å². The van der Waals surface area contributed by atoms with Crippen LogP contribution >= 0.6 is 15.9 Å². The van der Waals surface area contributed by atoms with E-state index in [1.807, 2.05) is 22.8 Å². The van der Waals surface area contributed by atoms with Gasteiger partial charge in [-0.3, -0.25) is 9.36 Å². The van der Waals surface area contributed by atoms with E-state index in [1.165, 1.54) is 12.8 Å². The summed E-state index contributed by atoms with van der Waals surface area (Å²) < 4.78 is 2.84. The topological polar surface area (TPSA) is 46.9 Å². The number of hydrogen-bond acceptors (Lipinski definition) is 3. The highest BCUT2D eigenvalue weighted by Crippen LogP contribution is 2.35. The zero-order valence-electron chi connectivity index (χ0n) is 16.1. The van der Waals surface area contributed by atoms with Gasteiger partial charge in [0.15, 0.2) is 0 Å². The minimum Gasteiger partial charge on any atom is -0.314 e. The summed E-state index contributed by atoms with van der Waals surface area (Å²) >= 11 is 3.48. The monoisotopic (exact) mass is 419 g/mol. The van der Waals surface area contributed by atoms with Crippen molar-refractivity contribution in [3.63, 3.8) is 0 Å². The molecule has 1 aliphatic heterocycles. The molecule has 0 bridgehead atoms. The zero-order chi connectivity index (χ0) is 18.7. The summed E-state index contributed by atoms with van der Waals surface area (Å²) in [5.74, 6) is 1.94. The number of hydrogen-bond donors (Lipinski definition) is 1. The Balaban J connectivity index is 2.09. The molecule has 2 heterocycles. The van der Waals surface area contributed by atoms with Crippen molar-refractivity contribution in [3.05, 3.63) is 38.9 Å². The Labute approximate surface area is 164 Å². The van der Waals surface area contributed by atoms with Gasteiger partial charge in [0.05, 0.1) is 10.9 Å². The molecule has 0 radical (unpaired) electrons. The molecule has 2 aromatic rings. The maximum Gasteiger partial charge on any atom is 0.261 e. The van der Waals surface area contributed by atoms with Crippen molar-refractivity contribution in [3.8, 4) is 0 Å². The first-order chi connectivity index (χ1) is 12.5. The van der Waals surface area contributed by atoms with Crippen LogP contribution in [0, 0.1) is 5.92 Å². The fraction of sp³-hybridized carbons (Fsp3) is 0.619. The predicted molar refractivity (Wildman–Crippen MR) is 112 cm³/mol. The molecule has 0 spiro atoms. The molecule has 0 saturated carbocycles. The van der Waals surface area contributed by atoms with Gasteiger partial charge >= 0.3 is 0 Å². The van der Waals surface area contributed by atoms with Crippen molar-refractivity contribution in [1.82, 2.24) is 14.9 Å². The van der Waals surface area contributed by atoms with E-state index in [9.17, 15) is 4.79 Å². The summed E-state index contributed by atoms with van der Waals surface area (Å²) in [5.41, 5.74) is 0.911. The standard InChI is InChI=1S/C21H30BrN3O/c1-4-6-17(15-8-7-14(3)23-12-11-15)20-24-19-10-9-16(22)13-18(19)21(26)25(20)5-2/h9-10,13-15,17,23H,4-8,11-12H2,1-3H3/t14-,15?,17?/m1/s1. The third-order valence-corrected chi connectivity index (χ3v) is 6.23. The molecule has 3 atom stereocenters. The third kappa shape index (κ3) is 4.04. The number of nitrogens with zero attached hydrogens (tertiary/aromatic N) is 2. The Hall–Kier alpha value is -1.20. The molecule has 3 rings (SSSR count). The Bertz CT molecular complexity index is 817. The fourth-order valence-electron chi connectivity index (χ4n) is 4.31. The first kappa shape index (κ1) is 19.6. The van der Waals surface area contributed by atoms with Gasteiger partial charge in [-0.15, -0.1) is 0 Å². The SMILES string of the molecule is CCCC(c1nc2ccc(Br)cc2c(=O)n1CC)C1CCN[C@H](C)CC1. The number of halogens is 1. The summed E-state index contributed by atoms with van der Waals surface area (Å²) in [7, 11) is 0. The molecule has 26 heavy (non-hydrogen) atoms. The van der Waals surface area contributed by atoms with Crippen LogP contribution in [0.15, 0.2) is 27.5 Å².